The van der Waals surface area contributed by atoms with Crippen molar-refractivity contribution in [2.45, 2.75) is 32.7 Å². The lowest BCUT2D eigenvalue weighted by Gasteiger charge is -2.13. The van der Waals surface area contributed by atoms with Crippen LogP contribution < -0.4 is 15.4 Å². The van der Waals surface area contributed by atoms with Crippen molar-refractivity contribution in [3.05, 3.63) is 29.8 Å². The van der Waals surface area contributed by atoms with Gasteiger partial charge in [0.1, 0.15) is 11.8 Å². The van der Waals surface area contributed by atoms with Crippen LogP contribution in [0, 0.1) is 0 Å². The summed E-state index contributed by atoms with van der Waals surface area (Å²) < 4.78 is 9.94. The lowest BCUT2D eigenvalue weighted by atomic mass is 10.1. The van der Waals surface area contributed by atoms with Crippen LogP contribution in [-0.4, -0.2) is 44.1 Å². The van der Waals surface area contributed by atoms with E-state index >= 15 is 0 Å². The zero-order valence-electron chi connectivity index (χ0n) is 14.3. The van der Waals surface area contributed by atoms with Gasteiger partial charge in [0.15, 0.2) is 6.61 Å². The van der Waals surface area contributed by atoms with Crippen LogP contribution in [0.2, 0.25) is 0 Å². The molecular formula is C17H24N2O5. The highest BCUT2D eigenvalue weighted by Gasteiger charge is 2.16. The summed E-state index contributed by atoms with van der Waals surface area (Å²) in [6.45, 7) is 3.64. The first-order chi connectivity index (χ1) is 11.5. The van der Waals surface area contributed by atoms with Gasteiger partial charge in [0.25, 0.3) is 5.91 Å². The molecule has 2 N–H and O–H groups in total. The highest BCUT2D eigenvalue weighted by molar-refractivity contribution is 5.88. The third-order valence-corrected chi connectivity index (χ3v) is 3.19. The molecule has 132 valence electrons. The van der Waals surface area contributed by atoms with Crippen molar-refractivity contribution in [2.24, 2.45) is 0 Å². The first-order valence-electron chi connectivity index (χ1n) is 7.81. The molecule has 0 aromatic heterocycles. The molecule has 24 heavy (non-hydrogen) atoms. The first kappa shape index (κ1) is 19.5. The van der Waals surface area contributed by atoms with Crippen molar-refractivity contribution >= 4 is 17.8 Å². The van der Waals surface area contributed by atoms with Gasteiger partial charge in [0.2, 0.25) is 5.91 Å². The number of ether oxygens (including phenoxy) is 2. The molecule has 1 rings (SSSR count). The van der Waals surface area contributed by atoms with E-state index in [9.17, 15) is 14.4 Å². The fourth-order valence-corrected chi connectivity index (χ4v) is 1.86. The van der Waals surface area contributed by atoms with E-state index in [-0.39, 0.29) is 12.3 Å². The molecule has 0 saturated heterocycles. The molecule has 1 aromatic rings. The van der Waals surface area contributed by atoms with Crippen LogP contribution >= 0.6 is 0 Å². The molecule has 0 fully saturated rings. The molecule has 0 aliphatic heterocycles. The first-order valence-corrected chi connectivity index (χ1v) is 7.81. The summed E-state index contributed by atoms with van der Waals surface area (Å²) in [4.78, 5) is 35.0. The third-order valence-electron chi connectivity index (χ3n) is 3.19. The highest BCUT2D eigenvalue weighted by atomic mass is 16.5. The van der Waals surface area contributed by atoms with E-state index in [0.29, 0.717) is 12.3 Å². The molecule has 0 aliphatic carbocycles. The lowest BCUT2D eigenvalue weighted by molar-refractivity contribution is -0.148. The Morgan fingerprint density at radius 1 is 1.17 bits per heavy atom. The molecule has 0 spiro atoms. The maximum atomic E-state index is 11.7. The van der Waals surface area contributed by atoms with Gasteiger partial charge in [-0.1, -0.05) is 19.1 Å². The van der Waals surface area contributed by atoms with Gasteiger partial charge in [-0.25, -0.2) is 0 Å². The van der Waals surface area contributed by atoms with E-state index in [1.54, 1.807) is 38.3 Å². The Hall–Kier alpha value is -2.57. The molecule has 7 heteroatoms. The molecule has 2 amide bonds. The van der Waals surface area contributed by atoms with Crippen LogP contribution in [0.3, 0.4) is 0 Å². The number of carbonyl (C=O) groups excluding carboxylic acids is 3. The SMILES string of the molecule is CCCNC(=O)[C@@H](C)NC(=O)COC(=O)Cc1ccc(OC)cc1. The summed E-state index contributed by atoms with van der Waals surface area (Å²) in [6.07, 6.45) is 0.874. The molecule has 0 aliphatic rings. The molecule has 7 nitrogen and oxygen atoms in total. The monoisotopic (exact) mass is 336 g/mol. The Kier molecular flexibility index (Phi) is 8.32. The number of amides is 2. The van der Waals surface area contributed by atoms with E-state index in [1.807, 2.05) is 6.92 Å². The standard InChI is InChI=1S/C17H24N2O5/c1-4-9-18-17(22)12(2)19-15(20)11-24-16(21)10-13-5-7-14(23-3)8-6-13/h5-8,12H,4,9-11H2,1-3H3,(H,18,22)(H,19,20)/t12-/m1/s1. The fourth-order valence-electron chi connectivity index (χ4n) is 1.86. The number of carbonyl (C=O) groups is 3. The summed E-state index contributed by atoms with van der Waals surface area (Å²) in [5, 5.41) is 5.15. The van der Waals surface area contributed by atoms with E-state index in [4.69, 9.17) is 9.47 Å². The Labute approximate surface area is 141 Å². The minimum atomic E-state index is -0.677. The number of nitrogens with one attached hydrogen (secondary N) is 2. The van der Waals surface area contributed by atoms with Crippen molar-refractivity contribution in [1.82, 2.24) is 10.6 Å². The maximum absolute atomic E-state index is 11.7. The molecule has 0 saturated carbocycles. The predicted molar refractivity (Wildman–Crippen MR) is 88.6 cm³/mol. The smallest absolute Gasteiger partial charge is 0.310 e. The Balaban J connectivity index is 2.32. The van der Waals surface area contributed by atoms with Crippen LogP contribution in [-0.2, 0) is 25.5 Å². The summed E-state index contributed by atoms with van der Waals surface area (Å²) in [5.74, 6) is -0.604. The topological polar surface area (TPSA) is 93.7 Å². The Bertz CT molecular complexity index is 557. The zero-order valence-corrected chi connectivity index (χ0v) is 14.3. The van der Waals surface area contributed by atoms with Gasteiger partial charge in [0, 0.05) is 6.54 Å². The summed E-state index contributed by atoms with van der Waals surface area (Å²) in [5.41, 5.74) is 0.758. The molecule has 0 heterocycles. The van der Waals surface area contributed by atoms with Gasteiger partial charge in [-0.15, -0.1) is 0 Å². The second-order valence-electron chi connectivity index (χ2n) is 5.27. The molecule has 0 radical (unpaired) electrons. The zero-order chi connectivity index (χ0) is 17.9. The predicted octanol–water partition coefficient (Wildman–Crippen LogP) is 0.812. The van der Waals surface area contributed by atoms with Gasteiger partial charge >= 0.3 is 5.97 Å². The minimum Gasteiger partial charge on any atom is -0.497 e. The van der Waals surface area contributed by atoms with Crippen LogP contribution in [0.1, 0.15) is 25.8 Å². The number of rotatable bonds is 9. The Morgan fingerprint density at radius 2 is 1.83 bits per heavy atom. The fraction of sp³-hybridized carbons (Fsp3) is 0.471. The lowest BCUT2D eigenvalue weighted by Crippen LogP contribution is -2.46. The van der Waals surface area contributed by atoms with Crippen molar-refractivity contribution < 1.29 is 23.9 Å². The van der Waals surface area contributed by atoms with Crippen LogP contribution in [0.15, 0.2) is 24.3 Å². The van der Waals surface area contributed by atoms with Gasteiger partial charge in [-0.2, -0.15) is 0 Å². The molecule has 0 unspecified atom stereocenters. The summed E-state index contributed by atoms with van der Waals surface area (Å²) >= 11 is 0. The highest BCUT2D eigenvalue weighted by Crippen LogP contribution is 2.11. The molecule has 0 bridgehead atoms. The normalized spacial score (nSPS) is 11.3. The number of benzene rings is 1. The number of methoxy groups -OCH3 is 1. The molecule has 1 aromatic carbocycles. The van der Waals surface area contributed by atoms with Crippen molar-refractivity contribution in [2.75, 3.05) is 20.3 Å². The van der Waals surface area contributed by atoms with E-state index in [1.165, 1.54) is 0 Å². The number of esters is 1. The van der Waals surface area contributed by atoms with Gasteiger partial charge in [-0.05, 0) is 31.0 Å². The largest absolute Gasteiger partial charge is 0.497 e. The maximum Gasteiger partial charge on any atom is 0.310 e. The second kappa shape index (κ2) is 10.3. The summed E-state index contributed by atoms with van der Waals surface area (Å²) in [7, 11) is 1.56. The minimum absolute atomic E-state index is 0.0593. The van der Waals surface area contributed by atoms with E-state index in [0.717, 1.165) is 12.0 Å². The molecule has 1 atom stereocenters. The average molecular weight is 336 g/mol. The number of hydrogen-bond acceptors (Lipinski definition) is 5. The average Bonchev–Trinajstić information content (AvgIpc) is 2.58. The van der Waals surface area contributed by atoms with Crippen molar-refractivity contribution in [1.29, 1.82) is 0 Å². The molecular weight excluding hydrogens is 312 g/mol. The van der Waals surface area contributed by atoms with Gasteiger partial charge < -0.3 is 20.1 Å². The van der Waals surface area contributed by atoms with E-state index in [2.05, 4.69) is 10.6 Å². The number of hydrogen-bond donors (Lipinski definition) is 2. The van der Waals surface area contributed by atoms with Gasteiger partial charge in [0.05, 0.1) is 13.5 Å². The van der Waals surface area contributed by atoms with Crippen molar-refractivity contribution in [3.8, 4) is 5.75 Å². The van der Waals surface area contributed by atoms with E-state index < -0.39 is 24.5 Å². The van der Waals surface area contributed by atoms with Crippen LogP contribution in [0.5, 0.6) is 5.75 Å². The summed E-state index contributed by atoms with van der Waals surface area (Å²) in [6, 6.07) is 6.31. The second-order valence-corrected chi connectivity index (χ2v) is 5.27. The quantitative estimate of drug-likeness (QED) is 0.651. The van der Waals surface area contributed by atoms with Crippen LogP contribution in [0.25, 0.3) is 0 Å². The van der Waals surface area contributed by atoms with Crippen LogP contribution in [0.4, 0.5) is 0 Å². The third kappa shape index (κ3) is 7.13. The van der Waals surface area contributed by atoms with Gasteiger partial charge in [-0.3, -0.25) is 14.4 Å². The van der Waals surface area contributed by atoms with Crippen molar-refractivity contribution in [3.63, 3.8) is 0 Å². The Morgan fingerprint density at radius 3 is 2.42 bits per heavy atom.